The Hall–Kier alpha value is -1.14. The first-order chi connectivity index (χ1) is 23.0. The van der Waals surface area contributed by atoms with E-state index in [1.165, 1.54) is 153 Å². The predicted octanol–water partition coefficient (Wildman–Crippen LogP) is 12.1. The molecule has 0 aliphatic heterocycles. The van der Waals surface area contributed by atoms with Crippen molar-refractivity contribution >= 4 is 11.9 Å². The van der Waals surface area contributed by atoms with Crippen LogP contribution in [0.2, 0.25) is 0 Å². The molecule has 0 amide bonds. The number of hydrogen-bond donors (Lipinski definition) is 1. The normalized spacial score (nSPS) is 12.1. The van der Waals surface area contributed by atoms with Gasteiger partial charge in [0.2, 0.25) is 0 Å². The van der Waals surface area contributed by atoms with Gasteiger partial charge in [-0.15, -0.1) is 5.06 Å². The van der Waals surface area contributed by atoms with Crippen LogP contribution in [0.25, 0.3) is 0 Å². The molecule has 0 aromatic heterocycles. The lowest BCUT2D eigenvalue weighted by molar-refractivity contribution is -0.193. The van der Waals surface area contributed by atoms with Crippen LogP contribution in [-0.2, 0) is 19.2 Å². The summed E-state index contributed by atoms with van der Waals surface area (Å²) in [6.45, 7) is 7.98. The molecule has 0 aliphatic rings. The number of aliphatic hydroxyl groups is 1. The third kappa shape index (κ3) is 36.0. The maximum Gasteiger partial charge on any atom is 0.325 e. The van der Waals surface area contributed by atoms with Gasteiger partial charge >= 0.3 is 11.9 Å². The van der Waals surface area contributed by atoms with E-state index in [-0.39, 0.29) is 25.1 Å². The number of carbonyl (C=O) groups is 2. The van der Waals surface area contributed by atoms with E-state index in [9.17, 15) is 14.7 Å². The van der Waals surface area contributed by atoms with Crippen LogP contribution >= 0.6 is 0 Å². The standard InChI is InChI=1S/C41H81NO5/c1-4-6-8-10-11-12-13-14-15-16-17-18-19-23-26-31-39(3)32-27-24-20-21-25-29-38-46-40(44)34-30-35-42(36-37-43)47-41(45)33-28-22-9-7-5-2/h39,43H,4-38H2,1-3H3. The molecule has 1 unspecified atom stereocenters. The summed E-state index contributed by atoms with van der Waals surface area (Å²) < 4.78 is 5.40. The molecule has 280 valence electrons. The number of ether oxygens (including phenoxy) is 1. The molecule has 47 heavy (non-hydrogen) atoms. The lowest BCUT2D eigenvalue weighted by atomic mass is 9.96. The highest BCUT2D eigenvalue weighted by Gasteiger charge is 2.13. The second-order valence-corrected chi connectivity index (χ2v) is 14.4. The Bertz CT molecular complexity index is 658. The van der Waals surface area contributed by atoms with Gasteiger partial charge in [-0.25, -0.2) is 0 Å². The van der Waals surface area contributed by atoms with Crippen molar-refractivity contribution in [1.82, 2.24) is 5.06 Å². The predicted molar refractivity (Wildman–Crippen MR) is 199 cm³/mol. The highest BCUT2D eigenvalue weighted by atomic mass is 16.7. The summed E-state index contributed by atoms with van der Waals surface area (Å²) in [5.41, 5.74) is 0. The molecule has 0 saturated heterocycles. The minimum atomic E-state index is -0.262. The van der Waals surface area contributed by atoms with Crippen LogP contribution in [-0.4, -0.2) is 48.4 Å². The Morgan fingerprint density at radius 1 is 0.511 bits per heavy atom. The molecular weight excluding hydrogens is 586 g/mol. The summed E-state index contributed by atoms with van der Waals surface area (Å²) in [6, 6.07) is 0. The fourth-order valence-corrected chi connectivity index (χ4v) is 6.35. The second-order valence-electron chi connectivity index (χ2n) is 14.4. The molecule has 0 radical (unpaired) electrons. The van der Waals surface area contributed by atoms with Gasteiger partial charge < -0.3 is 14.7 Å². The van der Waals surface area contributed by atoms with Crippen LogP contribution in [0.5, 0.6) is 0 Å². The molecule has 1 atom stereocenters. The summed E-state index contributed by atoms with van der Waals surface area (Å²) in [7, 11) is 0. The minimum Gasteiger partial charge on any atom is -0.466 e. The third-order valence-electron chi connectivity index (χ3n) is 9.51. The van der Waals surface area contributed by atoms with E-state index < -0.39 is 0 Å². The van der Waals surface area contributed by atoms with Gasteiger partial charge in [0.15, 0.2) is 0 Å². The van der Waals surface area contributed by atoms with E-state index in [1.54, 1.807) is 0 Å². The number of nitrogens with zero attached hydrogens (tertiary/aromatic N) is 1. The number of unbranched alkanes of at least 4 members (excludes halogenated alkanes) is 23. The average Bonchev–Trinajstić information content (AvgIpc) is 3.05. The van der Waals surface area contributed by atoms with Crippen molar-refractivity contribution < 1.29 is 24.3 Å². The van der Waals surface area contributed by atoms with Crippen LogP contribution in [0.3, 0.4) is 0 Å². The lowest BCUT2D eigenvalue weighted by Gasteiger charge is -2.20. The van der Waals surface area contributed by atoms with Crippen LogP contribution in [0.1, 0.15) is 220 Å². The number of carbonyl (C=O) groups excluding carboxylic acids is 2. The quantitative estimate of drug-likeness (QED) is 0.0401. The summed E-state index contributed by atoms with van der Waals surface area (Å²) >= 11 is 0. The van der Waals surface area contributed by atoms with Crippen molar-refractivity contribution in [2.45, 2.75) is 220 Å². The number of esters is 1. The van der Waals surface area contributed by atoms with Gasteiger partial charge in [0.1, 0.15) is 0 Å². The lowest BCUT2D eigenvalue weighted by Crippen LogP contribution is -2.31. The van der Waals surface area contributed by atoms with Gasteiger partial charge in [-0.1, -0.05) is 188 Å². The first-order valence-electron chi connectivity index (χ1n) is 20.8. The number of hydroxylamine groups is 2. The van der Waals surface area contributed by atoms with Crippen LogP contribution in [0, 0.1) is 5.92 Å². The Balaban J connectivity index is 3.50. The Morgan fingerprint density at radius 3 is 1.38 bits per heavy atom. The Labute approximate surface area is 292 Å². The van der Waals surface area contributed by atoms with E-state index in [0.717, 1.165) is 38.0 Å². The zero-order chi connectivity index (χ0) is 34.5. The van der Waals surface area contributed by atoms with E-state index in [2.05, 4.69) is 20.8 Å². The van der Waals surface area contributed by atoms with Crippen molar-refractivity contribution in [2.75, 3.05) is 26.3 Å². The molecule has 6 heteroatoms. The van der Waals surface area contributed by atoms with Crippen LogP contribution < -0.4 is 0 Å². The Morgan fingerprint density at radius 2 is 0.915 bits per heavy atom. The van der Waals surface area contributed by atoms with Crippen molar-refractivity contribution in [2.24, 2.45) is 5.92 Å². The molecule has 0 aliphatic carbocycles. The largest absolute Gasteiger partial charge is 0.466 e. The molecule has 6 nitrogen and oxygen atoms in total. The van der Waals surface area contributed by atoms with Gasteiger partial charge in [0, 0.05) is 19.4 Å². The summed E-state index contributed by atoms with van der Waals surface area (Å²) in [6.07, 6.45) is 38.1. The molecule has 0 bridgehead atoms. The molecule has 1 N–H and O–H groups in total. The summed E-state index contributed by atoms with van der Waals surface area (Å²) in [5, 5.41) is 10.7. The van der Waals surface area contributed by atoms with Crippen molar-refractivity contribution in [1.29, 1.82) is 0 Å². The number of rotatable bonds is 38. The molecule has 0 aromatic rings. The fraction of sp³-hybridized carbons (Fsp3) is 0.951. The molecule has 0 fully saturated rings. The van der Waals surface area contributed by atoms with Gasteiger partial charge in [-0.2, -0.15) is 0 Å². The summed E-state index contributed by atoms with van der Waals surface area (Å²) in [5.74, 6) is 0.404. The summed E-state index contributed by atoms with van der Waals surface area (Å²) in [4.78, 5) is 29.5. The zero-order valence-electron chi connectivity index (χ0n) is 31.9. The third-order valence-corrected chi connectivity index (χ3v) is 9.51. The molecule has 0 spiro atoms. The maximum absolute atomic E-state index is 12.1. The van der Waals surface area contributed by atoms with Crippen molar-refractivity contribution in [3.63, 3.8) is 0 Å². The topological polar surface area (TPSA) is 76.1 Å². The molecule has 0 saturated carbocycles. The second kappa shape index (κ2) is 37.7. The van der Waals surface area contributed by atoms with E-state index in [1.807, 2.05) is 0 Å². The SMILES string of the molecule is CCCCCCCCCCCCCCCCCC(C)CCCCCCCCOC(=O)CCCN(CCO)OC(=O)CCCCCCC. The monoisotopic (exact) mass is 668 g/mol. The smallest absolute Gasteiger partial charge is 0.325 e. The fourth-order valence-electron chi connectivity index (χ4n) is 6.35. The van der Waals surface area contributed by atoms with Crippen molar-refractivity contribution in [3.05, 3.63) is 0 Å². The molecule has 0 heterocycles. The van der Waals surface area contributed by atoms with E-state index in [0.29, 0.717) is 32.4 Å². The van der Waals surface area contributed by atoms with E-state index in [4.69, 9.17) is 9.57 Å². The van der Waals surface area contributed by atoms with Gasteiger partial charge in [0.05, 0.1) is 19.8 Å². The van der Waals surface area contributed by atoms with Gasteiger partial charge in [-0.05, 0) is 25.2 Å². The zero-order valence-corrected chi connectivity index (χ0v) is 31.9. The molecule has 0 rings (SSSR count). The minimum absolute atomic E-state index is 0.0905. The van der Waals surface area contributed by atoms with E-state index >= 15 is 0 Å². The number of aliphatic hydroxyl groups excluding tert-OH is 1. The van der Waals surface area contributed by atoms with Crippen LogP contribution in [0.4, 0.5) is 0 Å². The highest BCUT2D eigenvalue weighted by molar-refractivity contribution is 5.69. The van der Waals surface area contributed by atoms with Gasteiger partial charge in [-0.3, -0.25) is 9.59 Å². The average molecular weight is 668 g/mol. The highest BCUT2D eigenvalue weighted by Crippen LogP contribution is 2.19. The molecule has 0 aromatic carbocycles. The first-order valence-corrected chi connectivity index (χ1v) is 20.8. The van der Waals surface area contributed by atoms with Crippen LogP contribution in [0.15, 0.2) is 0 Å². The Kier molecular flexibility index (Phi) is 36.8. The first kappa shape index (κ1) is 45.9. The van der Waals surface area contributed by atoms with Crippen molar-refractivity contribution in [3.8, 4) is 0 Å². The number of hydrogen-bond acceptors (Lipinski definition) is 6. The van der Waals surface area contributed by atoms with Gasteiger partial charge in [0.25, 0.3) is 0 Å². The molecular formula is C41H81NO5. The maximum atomic E-state index is 12.1.